The van der Waals surface area contributed by atoms with E-state index in [0.29, 0.717) is 24.7 Å². The Kier molecular flexibility index (Phi) is 16.3. The zero-order chi connectivity index (χ0) is 21.5. The van der Waals surface area contributed by atoms with Crippen molar-refractivity contribution < 1.29 is 9.53 Å². The molecular formula is C22H40IN5O2. The van der Waals surface area contributed by atoms with Gasteiger partial charge in [0.1, 0.15) is 5.75 Å². The molecule has 0 bridgehead atoms. The van der Waals surface area contributed by atoms with Crippen LogP contribution in [-0.2, 0) is 0 Å². The van der Waals surface area contributed by atoms with Gasteiger partial charge in [-0.05, 0) is 70.6 Å². The van der Waals surface area contributed by atoms with E-state index in [9.17, 15) is 4.79 Å². The van der Waals surface area contributed by atoms with Crippen molar-refractivity contribution >= 4 is 35.8 Å². The predicted octanol–water partition coefficient (Wildman–Crippen LogP) is 3.11. The second kappa shape index (κ2) is 17.2. The van der Waals surface area contributed by atoms with Gasteiger partial charge in [0, 0.05) is 24.7 Å². The molecule has 0 spiro atoms. The van der Waals surface area contributed by atoms with Crippen molar-refractivity contribution in [2.75, 3.05) is 46.4 Å². The lowest BCUT2D eigenvalue weighted by atomic mass is 10.2. The molecular weight excluding hydrogens is 493 g/mol. The van der Waals surface area contributed by atoms with Crippen molar-refractivity contribution in [1.82, 2.24) is 20.9 Å². The summed E-state index contributed by atoms with van der Waals surface area (Å²) in [5.74, 6) is 1.42. The monoisotopic (exact) mass is 533 g/mol. The maximum Gasteiger partial charge on any atom is 0.251 e. The molecule has 0 saturated carbocycles. The van der Waals surface area contributed by atoms with E-state index in [0.717, 1.165) is 50.7 Å². The Hall–Kier alpha value is -1.55. The molecule has 7 nitrogen and oxygen atoms in total. The molecule has 0 heterocycles. The highest BCUT2D eigenvalue weighted by atomic mass is 127. The number of benzene rings is 1. The lowest BCUT2D eigenvalue weighted by Gasteiger charge is -2.21. The average Bonchev–Trinajstić information content (AvgIpc) is 2.74. The Morgan fingerprint density at radius 3 is 2.37 bits per heavy atom. The topological polar surface area (TPSA) is 78.0 Å². The summed E-state index contributed by atoms with van der Waals surface area (Å²) < 4.78 is 5.11. The number of hydrogen-bond acceptors (Lipinski definition) is 4. The molecule has 172 valence electrons. The molecule has 0 radical (unpaired) electrons. The second-order valence-electron chi connectivity index (χ2n) is 6.96. The van der Waals surface area contributed by atoms with Gasteiger partial charge < -0.3 is 25.6 Å². The third kappa shape index (κ3) is 11.6. The van der Waals surface area contributed by atoms with E-state index in [1.807, 2.05) is 6.92 Å². The Balaban J connectivity index is 0.00000841. The minimum Gasteiger partial charge on any atom is -0.497 e. The van der Waals surface area contributed by atoms with Gasteiger partial charge in [-0.1, -0.05) is 13.8 Å². The summed E-state index contributed by atoms with van der Waals surface area (Å²) in [7, 11) is 1.61. The highest BCUT2D eigenvalue weighted by Gasteiger charge is 2.07. The number of carbonyl (C=O) groups is 1. The van der Waals surface area contributed by atoms with E-state index in [-0.39, 0.29) is 29.9 Å². The van der Waals surface area contributed by atoms with Gasteiger partial charge in [-0.15, -0.1) is 24.0 Å². The van der Waals surface area contributed by atoms with E-state index in [2.05, 4.69) is 46.6 Å². The van der Waals surface area contributed by atoms with E-state index < -0.39 is 0 Å². The zero-order valence-electron chi connectivity index (χ0n) is 19.2. The quantitative estimate of drug-likeness (QED) is 0.157. The molecule has 1 aromatic rings. The summed E-state index contributed by atoms with van der Waals surface area (Å²) in [5, 5.41) is 9.62. The van der Waals surface area contributed by atoms with Crippen LogP contribution in [0.15, 0.2) is 29.3 Å². The Morgan fingerprint density at radius 2 is 1.80 bits per heavy atom. The summed E-state index contributed by atoms with van der Waals surface area (Å²) in [6.45, 7) is 13.8. The van der Waals surface area contributed by atoms with Gasteiger partial charge >= 0.3 is 0 Å². The van der Waals surface area contributed by atoms with Gasteiger partial charge in [0.05, 0.1) is 13.7 Å². The number of ether oxygens (including phenoxy) is 1. The summed E-state index contributed by atoms with van der Waals surface area (Å²) in [6.07, 6.45) is 2.25. The Morgan fingerprint density at radius 1 is 1.13 bits per heavy atom. The first-order valence-corrected chi connectivity index (χ1v) is 10.7. The van der Waals surface area contributed by atoms with Gasteiger partial charge in [0.25, 0.3) is 5.91 Å². The van der Waals surface area contributed by atoms with Gasteiger partial charge in [-0.2, -0.15) is 0 Å². The fourth-order valence-corrected chi connectivity index (χ4v) is 2.97. The molecule has 1 rings (SSSR count). The maximum absolute atomic E-state index is 12.2. The maximum atomic E-state index is 12.2. The molecule has 30 heavy (non-hydrogen) atoms. The first-order valence-electron chi connectivity index (χ1n) is 10.7. The van der Waals surface area contributed by atoms with Gasteiger partial charge in [-0.3, -0.25) is 9.79 Å². The van der Waals surface area contributed by atoms with E-state index in [1.54, 1.807) is 31.4 Å². The fraction of sp³-hybridized carbons (Fsp3) is 0.636. The van der Waals surface area contributed by atoms with Crippen molar-refractivity contribution in [3.63, 3.8) is 0 Å². The SMILES string of the molecule is CCNC(=NCCNC(=O)c1ccc(OC)cc1)NC(C)CCCN(CC)CC.I. The zero-order valence-corrected chi connectivity index (χ0v) is 21.5. The van der Waals surface area contributed by atoms with Crippen molar-refractivity contribution in [2.45, 2.75) is 46.6 Å². The molecule has 0 fully saturated rings. The van der Waals surface area contributed by atoms with Gasteiger partial charge in [0.2, 0.25) is 0 Å². The Labute approximate surface area is 199 Å². The highest BCUT2D eigenvalue weighted by Crippen LogP contribution is 2.10. The number of methoxy groups -OCH3 is 1. The number of nitrogens with zero attached hydrogens (tertiary/aromatic N) is 2. The molecule has 1 atom stereocenters. The third-order valence-electron chi connectivity index (χ3n) is 4.75. The molecule has 0 aromatic heterocycles. The molecule has 3 N–H and O–H groups in total. The van der Waals surface area contributed by atoms with Crippen LogP contribution >= 0.6 is 24.0 Å². The summed E-state index contributed by atoms with van der Waals surface area (Å²) in [4.78, 5) is 19.2. The van der Waals surface area contributed by atoms with Crippen LogP contribution in [0.3, 0.4) is 0 Å². The Bertz CT molecular complexity index is 606. The van der Waals surface area contributed by atoms with Crippen LogP contribution in [0, 0.1) is 0 Å². The minimum absolute atomic E-state index is 0. The van der Waals surface area contributed by atoms with E-state index in [1.165, 1.54) is 0 Å². The molecule has 0 aliphatic heterocycles. The second-order valence-corrected chi connectivity index (χ2v) is 6.96. The fourth-order valence-electron chi connectivity index (χ4n) is 2.97. The van der Waals surface area contributed by atoms with Crippen LogP contribution in [0.2, 0.25) is 0 Å². The summed E-state index contributed by atoms with van der Waals surface area (Å²) in [6, 6.07) is 7.41. The molecule has 0 aliphatic rings. The van der Waals surface area contributed by atoms with Crippen molar-refractivity contribution in [1.29, 1.82) is 0 Å². The van der Waals surface area contributed by atoms with E-state index in [4.69, 9.17) is 4.74 Å². The number of halogens is 1. The highest BCUT2D eigenvalue weighted by molar-refractivity contribution is 14.0. The number of carbonyl (C=O) groups excluding carboxylic acids is 1. The van der Waals surface area contributed by atoms with Crippen LogP contribution in [0.25, 0.3) is 0 Å². The smallest absolute Gasteiger partial charge is 0.251 e. The lowest BCUT2D eigenvalue weighted by Crippen LogP contribution is -2.43. The number of rotatable bonds is 13. The largest absolute Gasteiger partial charge is 0.497 e. The molecule has 0 saturated heterocycles. The van der Waals surface area contributed by atoms with Gasteiger partial charge in [0.15, 0.2) is 5.96 Å². The van der Waals surface area contributed by atoms with Crippen LogP contribution < -0.4 is 20.7 Å². The number of nitrogens with one attached hydrogen (secondary N) is 3. The van der Waals surface area contributed by atoms with Crippen LogP contribution in [-0.4, -0.2) is 69.2 Å². The van der Waals surface area contributed by atoms with Crippen LogP contribution in [0.4, 0.5) is 0 Å². The molecule has 1 unspecified atom stereocenters. The molecule has 0 aliphatic carbocycles. The number of hydrogen-bond donors (Lipinski definition) is 3. The minimum atomic E-state index is -0.106. The lowest BCUT2D eigenvalue weighted by molar-refractivity contribution is 0.0954. The third-order valence-corrected chi connectivity index (χ3v) is 4.75. The number of amides is 1. The number of aliphatic imine (C=N–C) groups is 1. The summed E-state index contributed by atoms with van der Waals surface area (Å²) in [5.41, 5.74) is 0.613. The van der Waals surface area contributed by atoms with Crippen LogP contribution in [0.5, 0.6) is 5.75 Å². The first kappa shape index (κ1) is 28.5. The van der Waals surface area contributed by atoms with Crippen molar-refractivity contribution in [2.24, 2.45) is 4.99 Å². The first-order chi connectivity index (χ1) is 14.0. The molecule has 8 heteroatoms. The van der Waals surface area contributed by atoms with Gasteiger partial charge in [-0.25, -0.2) is 0 Å². The number of guanidine groups is 1. The summed E-state index contributed by atoms with van der Waals surface area (Å²) >= 11 is 0. The van der Waals surface area contributed by atoms with Crippen molar-refractivity contribution in [3.8, 4) is 5.75 Å². The normalized spacial score (nSPS) is 12.1. The molecule has 1 amide bonds. The predicted molar refractivity (Wildman–Crippen MR) is 136 cm³/mol. The average molecular weight is 533 g/mol. The van der Waals surface area contributed by atoms with Crippen LogP contribution in [0.1, 0.15) is 50.9 Å². The molecule has 1 aromatic carbocycles. The van der Waals surface area contributed by atoms with E-state index >= 15 is 0 Å². The standard InChI is InChI=1S/C22H39N5O2.HI/c1-6-23-22(26-18(4)10-9-17-27(7-2)8-3)25-16-15-24-21(28)19-11-13-20(29-5)14-12-19;/h11-14,18H,6-10,15-17H2,1-5H3,(H,24,28)(H2,23,25,26);1H. The van der Waals surface area contributed by atoms with Crippen molar-refractivity contribution in [3.05, 3.63) is 29.8 Å².